The van der Waals surface area contributed by atoms with Crippen LogP contribution in [0.25, 0.3) is 0 Å². The number of nitrogens with zero attached hydrogens (tertiary/aromatic N) is 3. The second-order valence-electron chi connectivity index (χ2n) is 6.38. The van der Waals surface area contributed by atoms with Gasteiger partial charge in [-0.1, -0.05) is 36.4 Å². The Morgan fingerprint density at radius 1 is 1.20 bits per heavy atom. The third kappa shape index (κ3) is 3.31. The molecule has 1 fully saturated rings. The largest absolute Gasteiger partial charge is 0.451 e. The number of hydrogen-bond acceptors (Lipinski definition) is 4. The highest BCUT2D eigenvalue weighted by Gasteiger charge is 2.46. The summed E-state index contributed by atoms with van der Waals surface area (Å²) in [7, 11) is 1.88. The van der Waals surface area contributed by atoms with Crippen LogP contribution in [0, 0.1) is 5.92 Å². The fourth-order valence-corrected chi connectivity index (χ4v) is 3.12. The van der Waals surface area contributed by atoms with Gasteiger partial charge in [0.1, 0.15) is 0 Å². The Morgan fingerprint density at radius 2 is 2.00 bits per heavy atom. The Morgan fingerprint density at radius 3 is 2.68 bits per heavy atom. The van der Waals surface area contributed by atoms with E-state index in [0.717, 1.165) is 23.2 Å². The van der Waals surface area contributed by atoms with Gasteiger partial charge in [0.15, 0.2) is 6.10 Å². The molecule has 4 rings (SSSR count). The number of aryl methyl sites for hydroxylation is 1. The van der Waals surface area contributed by atoms with Crippen LogP contribution in [0.5, 0.6) is 0 Å². The quantitative estimate of drug-likeness (QED) is 0.673. The van der Waals surface area contributed by atoms with Crippen molar-refractivity contribution in [2.45, 2.75) is 18.4 Å². The first-order chi connectivity index (χ1) is 12.2. The molecule has 0 radical (unpaired) electrons. The van der Waals surface area contributed by atoms with Gasteiger partial charge in [-0.3, -0.25) is 14.5 Å². The summed E-state index contributed by atoms with van der Waals surface area (Å²) in [5, 5.41) is 4.18. The average Bonchev–Trinajstić information content (AvgIpc) is 3.35. The van der Waals surface area contributed by atoms with Crippen molar-refractivity contribution in [2.24, 2.45) is 13.0 Å². The van der Waals surface area contributed by atoms with Crippen molar-refractivity contribution in [2.75, 3.05) is 0 Å². The van der Waals surface area contributed by atoms with Crippen LogP contribution in [0.2, 0.25) is 0 Å². The van der Waals surface area contributed by atoms with Gasteiger partial charge in [0.05, 0.1) is 17.8 Å². The number of hydrogen-bond donors (Lipinski definition) is 0. The molecule has 25 heavy (non-hydrogen) atoms. The molecule has 2 aromatic heterocycles. The summed E-state index contributed by atoms with van der Waals surface area (Å²) in [5.74, 6) is -0.0613. The summed E-state index contributed by atoms with van der Waals surface area (Å²) < 4.78 is 7.64. The predicted molar refractivity (Wildman–Crippen MR) is 92.7 cm³/mol. The summed E-state index contributed by atoms with van der Waals surface area (Å²) >= 11 is 0. The molecule has 1 aliphatic carbocycles. The van der Waals surface area contributed by atoms with Crippen molar-refractivity contribution >= 4 is 5.97 Å². The topological polar surface area (TPSA) is 57.0 Å². The highest BCUT2D eigenvalue weighted by atomic mass is 16.5. The van der Waals surface area contributed by atoms with Crippen molar-refractivity contribution in [3.63, 3.8) is 0 Å². The summed E-state index contributed by atoms with van der Waals surface area (Å²) in [6.45, 7) is 0. The molecule has 0 bridgehead atoms. The van der Waals surface area contributed by atoms with Crippen molar-refractivity contribution in [3.8, 4) is 0 Å². The summed E-state index contributed by atoms with van der Waals surface area (Å²) in [5.41, 5.74) is 2.76. The van der Waals surface area contributed by atoms with Crippen molar-refractivity contribution < 1.29 is 9.53 Å². The van der Waals surface area contributed by atoms with Gasteiger partial charge in [0.25, 0.3) is 0 Å². The maximum atomic E-state index is 12.7. The van der Waals surface area contributed by atoms with Gasteiger partial charge in [0, 0.05) is 25.4 Å². The monoisotopic (exact) mass is 333 g/mol. The zero-order valence-electron chi connectivity index (χ0n) is 13.9. The number of rotatable bonds is 5. The first-order valence-electron chi connectivity index (χ1n) is 8.37. The zero-order valence-corrected chi connectivity index (χ0v) is 13.9. The molecule has 3 aromatic rings. The van der Waals surface area contributed by atoms with Crippen LogP contribution in [-0.2, 0) is 16.6 Å². The molecule has 0 aliphatic heterocycles. The summed E-state index contributed by atoms with van der Waals surface area (Å²) in [6.07, 6.45) is 5.84. The molecular weight excluding hydrogens is 314 g/mol. The minimum absolute atomic E-state index is 0.0980. The Labute approximate surface area is 146 Å². The van der Waals surface area contributed by atoms with Crippen LogP contribution in [0.4, 0.5) is 0 Å². The summed E-state index contributed by atoms with van der Waals surface area (Å²) in [4.78, 5) is 17.1. The molecule has 2 heterocycles. The lowest BCUT2D eigenvalue weighted by Gasteiger charge is -2.18. The highest BCUT2D eigenvalue weighted by molar-refractivity contribution is 5.77. The van der Waals surface area contributed by atoms with E-state index in [1.807, 2.05) is 68.0 Å². The molecule has 1 saturated carbocycles. The average molecular weight is 333 g/mol. The van der Waals surface area contributed by atoms with E-state index in [-0.39, 0.29) is 17.8 Å². The number of carbonyl (C=O) groups excluding carboxylic acids is 1. The molecule has 5 nitrogen and oxygen atoms in total. The molecule has 1 aliphatic rings. The van der Waals surface area contributed by atoms with E-state index in [0.29, 0.717) is 0 Å². The maximum Gasteiger partial charge on any atom is 0.310 e. The van der Waals surface area contributed by atoms with Crippen molar-refractivity contribution in [1.82, 2.24) is 14.8 Å². The number of aromatic nitrogens is 3. The van der Waals surface area contributed by atoms with E-state index in [4.69, 9.17) is 4.74 Å². The minimum atomic E-state index is -0.481. The van der Waals surface area contributed by atoms with E-state index < -0.39 is 6.10 Å². The van der Waals surface area contributed by atoms with Gasteiger partial charge in [-0.15, -0.1) is 0 Å². The molecule has 126 valence electrons. The van der Waals surface area contributed by atoms with Crippen molar-refractivity contribution in [3.05, 3.63) is 83.9 Å². The standard InChI is InChI=1S/C20H19N3O2/c1-23-13-15(12-22-23)16-11-17(16)20(24)25-19(14-7-3-2-4-8-14)18-9-5-6-10-21-18/h2-10,12-13,16-17,19H,11H2,1H3/t16-,17-,19-/m0/s1. The van der Waals surface area contributed by atoms with Crippen LogP contribution < -0.4 is 0 Å². The number of carbonyl (C=O) groups is 1. The third-order valence-electron chi connectivity index (χ3n) is 4.54. The Kier molecular flexibility index (Phi) is 4.06. The van der Waals surface area contributed by atoms with Gasteiger partial charge >= 0.3 is 5.97 Å². The van der Waals surface area contributed by atoms with Gasteiger partial charge < -0.3 is 4.74 Å². The van der Waals surface area contributed by atoms with Gasteiger partial charge in [0.2, 0.25) is 0 Å². The van der Waals surface area contributed by atoms with Gasteiger partial charge in [-0.25, -0.2) is 0 Å². The van der Waals surface area contributed by atoms with E-state index in [9.17, 15) is 4.79 Å². The predicted octanol–water partition coefficient (Wildman–Crippen LogP) is 3.25. The first kappa shape index (κ1) is 15.6. The third-order valence-corrected chi connectivity index (χ3v) is 4.54. The fraction of sp³-hybridized carbons (Fsp3) is 0.250. The van der Waals surface area contributed by atoms with Crippen LogP contribution in [0.3, 0.4) is 0 Å². The maximum absolute atomic E-state index is 12.7. The molecule has 0 saturated heterocycles. The molecule has 0 N–H and O–H groups in total. The highest BCUT2D eigenvalue weighted by Crippen LogP contribution is 2.48. The number of ether oxygens (including phenoxy) is 1. The van der Waals surface area contributed by atoms with Crippen LogP contribution in [0.15, 0.2) is 67.1 Å². The Bertz CT molecular complexity index is 821. The molecule has 3 atom stereocenters. The zero-order chi connectivity index (χ0) is 17.2. The Balaban J connectivity index is 1.52. The van der Waals surface area contributed by atoms with E-state index in [2.05, 4.69) is 10.1 Å². The minimum Gasteiger partial charge on any atom is -0.451 e. The SMILES string of the molecule is Cn1cc([C@@H]2C[C@@H]2C(=O)O[C@@H](c2ccccc2)c2ccccn2)cn1. The second kappa shape index (κ2) is 6.51. The van der Waals surface area contributed by atoms with Crippen LogP contribution in [0.1, 0.15) is 35.3 Å². The van der Waals surface area contributed by atoms with E-state index in [1.165, 1.54) is 0 Å². The van der Waals surface area contributed by atoms with Crippen LogP contribution in [-0.4, -0.2) is 20.7 Å². The van der Waals surface area contributed by atoms with Gasteiger partial charge in [-0.2, -0.15) is 5.10 Å². The van der Waals surface area contributed by atoms with E-state index >= 15 is 0 Å². The summed E-state index contributed by atoms with van der Waals surface area (Å²) in [6, 6.07) is 15.4. The number of esters is 1. The molecule has 0 unspecified atom stereocenters. The molecular formula is C20H19N3O2. The molecule has 0 amide bonds. The molecule has 1 aromatic carbocycles. The normalized spacial score (nSPS) is 20.0. The number of pyridine rings is 1. The fourth-order valence-electron chi connectivity index (χ4n) is 3.12. The first-order valence-corrected chi connectivity index (χ1v) is 8.37. The lowest BCUT2D eigenvalue weighted by atomic mass is 10.1. The smallest absolute Gasteiger partial charge is 0.310 e. The Hall–Kier alpha value is -2.95. The molecule has 5 heteroatoms. The lowest BCUT2D eigenvalue weighted by molar-refractivity contribution is -0.149. The second-order valence-corrected chi connectivity index (χ2v) is 6.38. The lowest BCUT2D eigenvalue weighted by Crippen LogP contribution is -2.15. The van der Waals surface area contributed by atoms with Gasteiger partial charge in [-0.05, 0) is 29.7 Å². The van der Waals surface area contributed by atoms with Crippen LogP contribution >= 0.6 is 0 Å². The van der Waals surface area contributed by atoms with E-state index in [1.54, 1.807) is 10.9 Å². The molecule has 0 spiro atoms. The number of benzene rings is 1. The van der Waals surface area contributed by atoms with Crippen molar-refractivity contribution in [1.29, 1.82) is 0 Å².